The topological polar surface area (TPSA) is 66.9 Å². The summed E-state index contributed by atoms with van der Waals surface area (Å²) in [6, 6.07) is 21.6. The van der Waals surface area contributed by atoms with Crippen molar-refractivity contribution in [3.63, 3.8) is 0 Å². The summed E-state index contributed by atoms with van der Waals surface area (Å²) in [6.07, 6.45) is 0. The van der Waals surface area contributed by atoms with Gasteiger partial charge < -0.3 is 10.6 Å². The van der Waals surface area contributed by atoms with Gasteiger partial charge in [-0.05, 0) is 18.4 Å². The molecule has 5 heteroatoms. The molecule has 1 atom stereocenters. The molecule has 28 heavy (non-hydrogen) atoms. The predicted octanol–water partition coefficient (Wildman–Crippen LogP) is 4.70. The minimum atomic E-state index is -0.191. The van der Waals surface area contributed by atoms with Gasteiger partial charge in [-0.25, -0.2) is 9.97 Å². The van der Waals surface area contributed by atoms with Gasteiger partial charge in [0.1, 0.15) is 11.5 Å². The van der Waals surface area contributed by atoms with Crippen molar-refractivity contribution >= 4 is 11.7 Å². The maximum absolute atomic E-state index is 12.6. The van der Waals surface area contributed by atoms with Crippen LogP contribution in [-0.2, 0) is 0 Å². The van der Waals surface area contributed by atoms with Crippen LogP contribution < -0.4 is 10.6 Å². The molecule has 0 aliphatic carbocycles. The molecule has 0 bridgehead atoms. The fourth-order valence-electron chi connectivity index (χ4n) is 2.79. The monoisotopic (exact) mass is 374 g/mol. The van der Waals surface area contributed by atoms with E-state index in [0.29, 0.717) is 29.8 Å². The largest absolute Gasteiger partial charge is 0.363 e. The number of amides is 1. The van der Waals surface area contributed by atoms with E-state index in [9.17, 15) is 4.79 Å². The van der Waals surface area contributed by atoms with Crippen molar-refractivity contribution in [1.29, 1.82) is 0 Å². The summed E-state index contributed by atoms with van der Waals surface area (Å²) >= 11 is 0. The molecule has 1 unspecified atom stereocenters. The van der Waals surface area contributed by atoms with Crippen LogP contribution in [0.4, 0.5) is 5.82 Å². The van der Waals surface area contributed by atoms with E-state index in [2.05, 4.69) is 53.5 Å². The molecule has 0 saturated heterocycles. The van der Waals surface area contributed by atoms with E-state index >= 15 is 0 Å². The van der Waals surface area contributed by atoms with E-state index in [1.165, 1.54) is 0 Å². The number of nitrogens with zero attached hydrogens (tertiary/aromatic N) is 2. The zero-order chi connectivity index (χ0) is 19.9. The van der Waals surface area contributed by atoms with Crippen LogP contribution in [0.15, 0.2) is 66.7 Å². The van der Waals surface area contributed by atoms with E-state index in [-0.39, 0.29) is 11.9 Å². The molecule has 2 aromatic carbocycles. The molecule has 3 aromatic rings. The van der Waals surface area contributed by atoms with Crippen LogP contribution in [0.25, 0.3) is 11.4 Å². The number of benzene rings is 2. The molecule has 0 fully saturated rings. The van der Waals surface area contributed by atoms with Gasteiger partial charge in [-0.2, -0.15) is 0 Å². The summed E-state index contributed by atoms with van der Waals surface area (Å²) in [6.45, 7) is 6.79. The van der Waals surface area contributed by atoms with E-state index < -0.39 is 0 Å². The van der Waals surface area contributed by atoms with E-state index in [4.69, 9.17) is 0 Å². The summed E-state index contributed by atoms with van der Waals surface area (Å²) in [5.74, 6) is 1.33. The van der Waals surface area contributed by atoms with E-state index in [1.807, 2.05) is 48.5 Å². The van der Waals surface area contributed by atoms with Crippen molar-refractivity contribution in [2.24, 2.45) is 5.92 Å². The van der Waals surface area contributed by atoms with Crippen molar-refractivity contribution in [2.75, 3.05) is 11.9 Å². The number of rotatable bonds is 7. The van der Waals surface area contributed by atoms with Crippen molar-refractivity contribution in [1.82, 2.24) is 15.3 Å². The number of aromatic nitrogens is 2. The highest BCUT2D eigenvalue weighted by Gasteiger charge is 2.15. The lowest BCUT2D eigenvalue weighted by Gasteiger charge is -2.16. The molecule has 1 heterocycles. The van der Waals surface area contributed by atoms with Crippen LogP contribution in [0.5, 0.6) is 0 Å². The Labute approximate surface area is 166 Å². The first-order valence-corrected chi connectivity index (χ1v) is 9.57. The second kappa shape index (κ2) is 9.13. The number of hydrogen-bond donors (Lipinski definition) is 2. The van der Waals surface area contributed by atoms with E-state index in [1.54, 1.807) is 6.07 Å². The highest BCUT2D eigenvalue weighted by atomic mass is 16.1. The third kappa shape index (κ3) is 5.16. The first kappa shape index (κ1) is 19.5. The first-order chi connectivity index (χ1) is 13.5. The first-order valence-electron chi connectivity index (χ1n) is 9.57. The Morgan fingerprint density at radius 2 is 1.57 bits per heavy atom. The molecule has 0 spiro atoms. The van der Waals surface area contributed by atoms with Gasteiger partial charge in [0.2, 0.25) is 0 Å². The third-order valence-electron chi connectivity index (χ3n) is 4.33. The third-order valence-corrected chi connectivity index (χ3v) is 4.33. The highest BCUT2D eigenvalue weighted by molar-refractivity contribution is 5.93. The zero-order valence-electron chi connectivity index (χ0n) is 16.5. The molecule has 0 aliphatic heterocycles. The lowest BCUT2D eigenvalue weighted by atomic mass is 10.1. The van der Waals surface area contributed by atoms with Crippen molar-refractivity contribution < 1.29 is 4.79 Å². The number of carbonyl (C=O) groups excluding carboxylic acids is 1. The standard InChI is InChI=1S/C23H26N4O/c1-16(2)15-24-23(28)20-14-21(25-17(3)18-10-6-4-7-11-18)27-22(26-20)19-12-8-5-9-13-19/h4-14,16-17H,15H2,1-3H3,(H,24,28)(H,25,26,27). The fourth-order valence-corrected chi connectivity index (χ4v) is 2.79. The van der Waals surface area contributed by atoms with Crippen molar-refractivity contribution in [3.8, 4) is 11.4 Å². The maximum atomic E-state index is 12.6. The summed E-state index contributed by atoms with van der Waals surface area (Å²) in [5, 5.41) is 6.33. The smallest absolute Gasteiger partial charge is 0.270 e. The van der Waals surface area contributed by atoms with E-state index in [0.717, 1.165) is 11.1 Å². The van der Waals surface area contributed by atoms with Gasteiger partial charge in [0.15, 0.2) is 5.82 Å². The van der Waals surface area contributed by atoms with Crippen LogP contribution >= 0.6 is 0 Å². The molecule has 144 valence electrons. The van der Waals surface area contributed by atoms with Crippen LogP contribution in [0.2, 0.25) is 0 Å². The molecular weight excluding hydrogens is 348 g/mol. The van der Waals surface area contributed by atoms with Gasteiger partial charge in [-0.1, -0.05) is 74.5 Å². The van der Waals surface area contributed by atoms with Crippen LogP contribution in [0.3, 0.4) is 0 Å². The van der Waals surface area contributed by atoms with Gasteiger partial charge in [0.05, 0.1) is 0 Å². The molecular formula is C23H26N4O. The molecule has 3 rings (SSSR count). The van der Waals surface area contributed by atoms with Crippen molar-refractivity contribution in [2.45, 2.75) is 26.8 Å². The minimum Gasteiger partial charge on any atom is -0.363 e. The van der Waals surface area contributed by atoms with Crippen LogP contribution in [-0.4, -0.2) is 22.4 Å². The second-order valence-electron chi connectivity index (χ2n) is 7.21. The normalized spacial score (nSPS) is 11.9. The summed E-state index contributed by atoms with van der Waals surface area (Å²) in [5.41, 5.74) is 2.38. The average molecular weight is 374 g/mol. The Balaban J connectivity index is 1.92. The van der Waals surface area contributed by atoms with Crippen LogP contribution in [0, 0.1) is 5.92 Å². The Morgan fingerprint density at radius 3 is 2.21 bits per heavy atom. The number of carbonyl (C=O) groups is 1. The lowest BCUT2D eigenvalue weighted by Crippen LogP contribution is -2.28. The Morgan fingerprint density at radius 1 is 0.929 bits per heavy atom. The summed E-state index contributed by atoms with van der Waals surface area (Å²) in [4.78, 5) is 21.8. The molecule has 0 aliphatic rings. The molecule has 2 N–H and O–H groups in total. The van der Waals surface area contributed by atoms with Gasteiger partial charge in [-0.15, -0.1) is 0 Å². The molecule has 0 saturated carbocycles. The molecule has 1 aromatic heterocycles. The minimum absolute atomic E-state index is 0.0475. The van der Waals surface area contributed by atoms with Gasteiger partial charge in [-0.3, -0.25) is 4.79 Å². The second-order valence-corrected chi connectivity index (χ2v) is 7.21. The number of hydrogen-bond acceptors (Lipinski definition) is 4. The van der Waals surface area contributed by atoms with Gasteiger partial charge in [0, 0.05) is 24.2 Å². The SMILES string of the molecule is CC(C)CNC(=O)c1cc(NC(C)c2ccccc2)nc(-c2ccccc2)n1. The van der Waals surface area contributed by atoms with Gasteiger partial charge in [0.25, 0.3) is 5.91 Å². The summed E-state index contributed by atoms with van der Waals surface area (Å²) in [7, 11) is 0. The maximum Gasteiger partial charge on any atom is 0.270 e. The summed E-state index contributed by atoms with van der Waals surface area (Å²) < 4.78 is 0. The van der Waals surface area contributed by atoms with Gasteiger partial charge >= 0.3 is 0 Å². The molecule has 0 radical (unpaired) electrons. The number of anilines is 1. The highest BCUT2D eigenvalue weighted by Crippen LogP contribution is 2.22. The van der Waals surface area contributed by atoms with Crippen molar-refractivity contribution in [3.05, 3.63) is 78.0 Å². The Kier molecular flexibility index (Phi) is 6.37. The Hall–Kier alpha value is -3.21. The molecule has 1 amide bonds. The number of nitrogens with one attached hydrogen (secondary N) is 2. The lowest BCUT2D eigenvalue weighted by molar-refractivity contribution is 0.0944. The predicted molar refractivity (Wildman–Crippen MR) is 113 cm³/mol. The zero-order valence-corrected chi connectivity index (χ0v) is 16.5. The Bertz CT molecular complexity index is 910. The van der Waals surface area contributed by atoms with Crippen LogP contribution in [0.1, 0.15) is 42.9 Å². The average Bonchev–Trinajstić information content (AvgIpc) is 2.73. The quantitative estimate of drug-likeness (QED) is 0.629. The molecule has 5 nitrogen and oxygen atoms in total. The fraction of sp³-hybridized carbons (Fsp3) is 0.261.